The fourth-order valence-corrected chi connectivity index (χ4v) is 3.99. The van der Waals surface area contributed by atoms with Gasteiger partial charge in [0.1, 0.15) is 5.01 Å². The number of aromatic nitrogens is 1. The summed E-state index contributed by atoms with van der Waals surface area (Å²) in [6.45, 7) is 4.10. The van der Waals surface area contributed by atoms with E-state index in [0.717, 1.165) is 18.6 Å². The molecule has 2 heterocycles. The van der Waals surface area contributed by atoms with Crippen LogP contribution < -0.4 is 10.6 Å². The maximum Gasteiger partial charge on any atom is 0.357 e. The molecule has 162 valence electrons. The minimum absolute atomic E-state index is 0.119. The van der Waals surface area contributed by atoms with Gasteiger partial charge in [-0.3, -0.25) is 19.4 Å². The molecule has 3 rings (SSSR count). The maximum atomic E-state index is 12.6. The van der Waals surface area contributed by atoms with Crippen molar-refractivity contribution in [2.45, 2.75) is 70.5 Å². The summed E-state index contributed by atoms with van der Waals surface area (Å²) in [4.78, 5) is 57.2. The predicted octanol–water partition coefficient (Wildman–Crippen LogP) is 1.56. The Labute approximate surface area is 178 Å². The summed E-state index contributed by atoms with van der Waals surface area (Å²) >= 11 is 1.23. The van der Waals surface area contributed by atoms with Crippen molar-refractivity contribution in [3.8, 4) is 0 Å². The average Bonchev–Trinajstić information content (AvgIpc) is 3.11. The van der Waals surface area contributed by atoms with Gasteiger partial charge in [0.15, 0.2) is 11.5 Å². The van der Waals surface area contributed by atoms with E-state index in [1.54, 1.807) is 12.3 Å². The van der Waals surface area contributed by atoms with Crippen LogP contribution in [-0.2, 0) is 25.7 Å². The van der Waals surface area contributed by atoms with Crippen LogP contribution in [0.25, 0.3) is 0 Å². The van der Waals surface area contributed by atoms with Crippen molar-refractivity contribution in [3.05, 3.63) is 16.1 Å². The standard InChI is InChI=1S/C20H26N4O5S/c1-3-29-19(28)14-11-30-18(23-14)10-21-16(26)9-15(25)20(6-7-20)24-17(27)8-13-5-4-12(2)22-13/h11-12H,3-10H2,1-2H3,(H,21,26)(H,24,27)/t12-/m0/s1. The molecular weight excluding hydrogens is 408 g/mol. The zero-order valence-electron chi connectivity index (χ0n) is 17.2. The molecule has 0 radical (unpaired) electrons. The number of amides is 2. The SMILES string of the molecule is CCOC(=O)c1csc(CNC(=O)CC(=O)C2(NC(=O)CC3=N[C@@H](C)CC3)CC2)n1. The minimum atomic E-state index is -0.919. The number of esters is 1. The first kappa shape index (κ1) is 22.1. The molecule has 10 heteroatoms. The first-order chi connectivity index (χ1) is 14.3. The molecule has 2 N–H and O–H groups in total. The van der Waals surface area contributed by atoms with Crippen molar-refractivity contribution >= 4 is 40.6 Å². The number of ketones is 1. The Kier molecular flexibility index (Phi) is 6.96. The lowest BCUT2D eigenvalue weighted by Crippen LogP contribution is -2.45. The fraction of sp³-hybridized carbons (Fsp3) is 0.600. The van der Waals surface area contributed by atoms with Crippen molar-refractivity contribution in [2.75, 3.05) is 6.61 Å². The largest absolute Gasteiger partial charge is 0.461 e. The van der Waals surface area contributed by atoms with Gasteiger partial charge in [0, 0.05) is 17.1 Å². The third-order valence-electron chi connectivity index (χ3n) is 5.07. The number of rotatable bonds is 10. The molecule has 1 saturated carbocycles. The van der Waals surface area contributed by atoms with Crippen LogP contribution in [0.2, 0.25) is 0 Å². The summed E-state index contributed by atoms with van der Waals surface area (Å²) in [5.74, 6) is -1.46. The van der Waals surface area contributed by atoms with Crippen LogP contribution in [-0.4, -0.2) is 52.5 Å². The molecule has 1 fully saturated rings. The molecule has 0 bridgehead atoms. The number of ether oxygens (including phenoxy) is 1. The number of hydrogen-bond acceptors (Lipinski definition) is 8. The Hall–Kier alpha value is -2.62. The van der Waals surface area contributed by atoms with E-state index in [9.17, 15) is 19.2 Å². The number of thiazole rings is 1. The smallest absolute Gasteiger partial charge is 0.357 e. The fourth-order valence-electron chi connectivity index (χ4n) is 3.29. The molecule has 1 atom stereocenters. The molecule has 0 aromatic carbocycles. The van der Waals surface area contributed by atoms with Crippen LogP contribution in [0.3, 0.4) is 0 Å². The number of aliphatic imine (C=N–C) groups is 1. The van der Waals surface area contributed by atoms with Gasteiger partial charge in [-0.25, -0.2) is 9.78 Å². The van der Waals surface area contributed by atoms with E-state index >= 15 is 0 Å². The van der Waals surface area contributed by atoms with Crippen molar-refractivity contribution in [1.29, 1.82) is 0 Å². The van der Waals surface area contributed by atoms with Gasteiger partial charge >= 0.3 is 5.97 Å². The first-order valence-electron chi connectivity index (χ1n) is 10.1. The van der Waals surface area contributed by atoms with E-state index in [-0.39, 0.29) is 49.4 Å². The molecule has 2 amide bonds. The molecule has 30 heavy (non-hydrogen) atoms. The zero-order chi connectivity index (χ0) is 21.7. The lowest BCUT2D eigenvalue weighted by molar-refractivity contribution is -0.132. The van der Waals surface area contributed by atoms with E-state index in [1.165, 1.54) is 11.3 Å². The monoisotopic (exact) mass is 434 g/mol. The molecule has 1 aromatic rings. The van der Waals surface area contributed by atoms with Crippen LogP contribution in [0.4, 0.5) is 0 Å². The summed E-state index contributed by atoms with van der Waals surface area (Å²) in [5, 5.41) is 7.55. The highest BCUT2D eigenvalue weighted by Gasteiger charge is 2.50. The van der Waals surface area contributed by atoms with Crippen molar-refractivity contribution in [1.82, 2.24) is 15.6 Å². The second kappa shape index (κ2) is 9.46. The topological polar surface area (TPSA) is 127 Å². The number of carbonyl (C=O) groups excluding carboxylic acids is 4. The third-order valence-corrected chi connectivity index (χ3v) is 5.92. The average molecular weight is 435 g/mol. The normalized spacial score (nSPS) is 19.0. The highest BCUT2D eigenvalue weighted by Crippen LogP contribution is 2.37. The summed E-state index contributed by atoms with van der Waals surface area (Å²) in [6, 6.07) is 0.249. The lowest BCUT2D eigenvalue weighted by Gasteiger charge is -2.16. The second-order valence-corrected chi connectivity index (χ2v) is 8.56. The van der Waals surface area contributed by atoms with Crippen LogP contribution >= 0.6 is 11.3 Å². The van der Waals surface area contributed by atoms with Gasteiger partial charge in [-0.2, -0.15) is 0 Å². The van der Waals surface area contributed by atoms with Gasteiger partial charge < -0.3 is 15.4 Å². The molecule has 0 unspecified atom stereocenters. The summed E-state index contributed by atoms with van der Waals surface area (Å²) in [7, 11) is 0. The molecule has 1 aliphatic carbocycles. The Morgan fingerprint density at radius 3 is 2.67 bits per heavy atom. The third kappa shape index (κ3) is 5.71. The molecule has 1 aliphatic heterocycles. The molecule has 1 aromatic heterocycles. The molecule has 0 spiro atoms. The number of carbonyl (C=O) groups is 4. The van der Waals surface area contributed by atoms with Gasteiger partial charge in [0.25, 0.3) is 0 Å². The lowest BCUT2D eigenvalue weighted by atomic mass is 10.1. The van der Waals surface area contributed by atoms with Crippen LogP contribution in [0.5, 0.6) is 0 Å². The second-order valence-electron chi connectivity index (χ2n) is 7.61. The highest BCUT2D eigenvalue weighted by molar-refractivity contribution is 7.09. The van der Waals surface area contributed by atoms with E-state index in [4.69, 9.17) is 4.74 Å². The summed E-state index contributed by atoms with van der Waals surface area (Å²) in [6.07, 6.45) is 2.75. The van der Waals surface area contributed by atoms with Gasteiger partial charge in [-0.05, 0) is 39.5 Å². The van der Waals surface area contributed by atoms with Gasteiger partial charge in [-0.15, -0.1) is 11.3 Å². The van der Waals surface area contributed by atoms with Crippen molar-refractivity contribution in [3.63, 3.8) is 0 Å². The number of hydrogen-bond donors (Lipinski definition) is 2. The van der Waals surface area contributed by atoms with Gasteiger partial charge in [0.2, 0.25) is 11.8 Å². The van der Waals surface area contributed by atoms with Crippen LogP contribution in [0.1, 0.15) is 67.9 Å². The Morgan fingerprint density at radius 1 is 1.27 bits per heavy atom. The molecule has 2 aliphatic rings. The highest BCUT2D eigenvalue weighted by atomic mass is 32.1. The van der Waals surface area contributed by atoms with Gasteiger partial charge in [0.05, 0.1) is 31.5 Å². The first-order valence-corrected chi connectivity index (χ1v) is 11.0. The maximum absolute atomic E-state index is 12.6. The molecule has 9 nitrogen and oxygen atoms in total. The molecular formula is C20H26N4O5S. The van der Waals surface area contributed by atoms with E-state index in [0.29, 0.717) is 17.8 Å². The molecule has 0 saturated heterocycles. The van der Waals surface area contributed by atoms with Crippen LogP contribution in [0, 0.1) is 0 Å². The zero-order valence-corrected chi connectivity index (χ0v) is 18.0. The van der Waals surface area contributed by atoms with E-state index < -0.39 is 17.4 Å². The Morgan fingerprint density at radius 2 is 2.03 bits per heavy atom. The van der Waals surface area contributed by atoms with E-state index in [2.05, 4.69) is 20.6 Å². The minimum Gasteiger partial charge on any atom is -0.461 e. The predicted molar refractivity (Wildman–Crippen MR) is 110 cm³/mol. The summed E-state index contributed by atoms with van der Waals surface area (Å²) < 4.78 is 4.87. The Balaban J connectivity index is 1.43. The number of Topliss-reactive ketones (excluding diaryl/α,β-unsaturated/α-hetero) is 1. The Bertz CT molecular complexity index is 874. The van der Waals surface area contributed by atoms with Crippen LogP contribution in [0.15, 0.2) is 10.4 Å². The van der Waals surface area contributed by atoms with Crippen molar-refractivity contribution < 1.29 is 23.9 Å². The quantitative estimate of drug-likeness (QED) is 0.425. The number of nitrogens with zero attached hydrogens (tertiary/aromatic N) is 2. The van der Waals surface area contributed by atoms with Gasteiger partial charge in [-0.1, -0.05) is 0 Å². The summed E-state index contributed by atoms with van der Waals surface area (Å²) in [5.41, 5.74) is 0.145. The van der Waals surface area contributed by atoms with E-state index in [1.807, 2.05) is 6.92 Å². The number of nitrogens with one attached hydrogen (secondary N) is 2. The van der Waals surface area contributed by atoms with Crippen molar-refractivity contribution in [2.24, 2.45) is 4.99 Å².